The van der Waals surface area contributed by atoms with Gasteiger partial charge in [0.1, 0.15) is 11.9 Å². The van der Waals surface area contributed by atoms with Crippen molar-refractivity contribution in [3.05, 3.63) is 111 Å². The molecule has 3 aromatic carbocycles. The van der Waals surface area contributed by atoms with E-state index in [1.54, 1.807) is 24.3 Å². The van der Waals surface area contributed by atoms with Gasteiger partial charge in [-0.15, -0.1) is 0 Å². The number of hydrogen-bond donors (Lipinski definition) is 1. The molecule has 8 heteroatoms. The van der Waals surface area contributed by atoms with Crippen molar-refractivity contribution in [1.82, 2.24) is 10.2 Å². The van der Waals surface area contributed by atoms with Crippen molar-refractivity contribution in [2.24, 2.45) is 0 Å². The highest BCUT2D eigenvalue weighted by molar-refractivity contribution is 5.89. The zero-order chi connectivity index (χ0) is 23.8. The molecule has 0 spiro atoms. The Morgan fingerprint density at radius 1 is 0.970 bits per heavy atom. The lowest BCUT2D eigenvalue weighted by Gasteiger charge is -2.31. The summed E-state index contributed by atoms with van der Waals surface area (Å²) in [5.41, 5.74) is 1.11. The first-order valence-corrected chi connectivity index (χ1v) is 10.4. The minimum absolute atomic E-state index is 0.156. The van der Waals surface area contributed by atoms with Gasteiger partial charge in [-0.1, -0.05) is 66.7 Å². The van der Waals surface area contributed by atoms with E-state index in [9.17, 15) is 24.1 Å². The van der Waals surface area contributed by atoms with E-state index >= 15 is 0 Å². The Kier molecular flexibility index (Phi) is 7.86. The predicted octanol–water partition coefficient (Wildman–Crippen LogP) is 3.66. The van der Waals surface area contributed by atoms with E-state index in [2.05, 4.69) is 5.32 Å². The van der Waals surface area contributed by atoms with Crippen molar-refractivity contribution < 1.29 is 18.9 Å². The molecule has 1 atom stereocenters. The van der Waals surface area contributed by atoms with Crippen LogP contribution in [0.2, 0.25) is 0 Å². The number of nitrogens with zero attached hydrogens (tertiary/aromatic N) is 2. The van der Waals surface area contributed by atoms with E-state index in [4.69, 9.17) is 0 Å². The number of rotatable bonds is 9. The van der Waals surface area contributed by atoms with Gasteiger partial charge in [0.25, 0.3) is 5.69 Å². The second-order valence-corrected chi connectivity index (χ2v) is 7.50. The van der Waals surface area contributed by atoms with E-state index in [0.29, 0.717) is 0 Å². The molecule has 0 aliphatic carbocycles. The first-order valence-electron chi connectivity index (χ1n) is 10.4. The van der Waals surface area contributed by atoms with Crippen LogP contribution >= 0.6 is 0 Å². The fraction of sp³-hybridized carbons (Fsp3) is 0.200. The van der Waals surface area contributed by atoms with Gasteiger partial charge in [-0.25, -0.2) is 4.39 Å². The summed E-state index contributed by atoms with van der Waals surface area (Å²) in [6.07, 6.45) is -0.0918. The van der Waals surface area contributed by atoms with Gasteiger partial charge in [0.15, 0.2) is 0 Å². The fourth-order valence-electron chi connectivity index (χ4n) is 3.63. The van der Waals surface area contributed by atoms with Crippen LogP contribution in [0.4, 0.5) is 10.1 Å². The molecule has 0 aromatic heterocycles. The lowest BCUT2D eigenvalue weighted by Crippen LogP contribution is -2.50. The first-order chi connectivity index (χ1) is 15.9. The van der Waals surface area contributed by atoms with Crippen LogP contribution in [0.25, 0.3) is 0 Å². The standard InChI is InChI=1S/C25H24FN3O4/c1-27-25(31)23(15-18-9-3-2-4-10-18)28(17-20-12-5-7-13-21(20)26)24(30)16-19-11-6-8-14-22(19)29(32)33/h2-14,23H,15-17H2,1H3,(H,27,31). The summed E-state index contributed by atoms with van der Waals surface area (Å²) in [5, 5.41) is 14.0. The Morgan fingerprint density at radius 2 is 1.58 bits per heavy atom. The molecule has 33 heavy (non-hydrogen) atoms. The van der Waals surface area contributed by atoms with Crippen LogP contribution in [0.1, 0.15) is 16.7 Å². The normalized spacial score (nSPS) is 11.5. The summed E-state index contributed by atoms with van der Waals surface area (Å²) in [5.74, 6) is -1.43. The summed E-state index contributed by atoms with van der Waals surface area (Å²) in [4.78, 5) is 38.5. The molecule has 0 radical (unpaired) electrons. The molecule has 3 aromatic rings. The van der Waals surface area contributed by atoms with Crippen LogP contribution in [0.15, 0.2) is 78.9 Å². The number of nitrogens with one attached hydrogen (secondary N) is 1. The highest BCUT2D eigenvalue weighted by Gasteiger charge is 2.31. The SMILES string of the molecule is CNC(=O)C(Cc1ccccc1)N(Cc1ccccc1F)C(=O)Cc1ccccc1[N+](=O)[O-]. The largest absolute Gasteiger partial charge is 0.357 e. The lowest BCUT2D eigenvalue weighted by atomic mass is 10.0. The average Bonchev–Trinajstić information content (AvgIpc) is 2.82. The van der Waals surface area contributed by atoms with Gasteiger partial charge in [0, 0.05) is 37.2 Å². The molecule has 0 heterocycles. The molecule has 0 fully saturated rings. The molecule has 1 unspecified atom stereocenters. The third kappa shape index (κ3) is 6.00. The van der Waals surface area contributed by atoms with Gasteiger partial charge in [-0.3, -0.25) is 19.7 Å². The minimum Gasteiger partial charge on any atom is -0.357 e. The molecule has 1 N–H and O–H groups in total. The van der Waals surface area contributed by atoms with Crippen molar-refractivity contribution >= 4 is 17.5 Å². The Bertz CT molecular complexity index is 1140. The molecule has 3 rings (SSSR count). The molecule has 7 nitrogen and oxygen atoms in total. The van der Waals surface area contributed by atoms with Crippen LogP contribution in [0.3, 0.4) is 0 Å². The van der Waals surface area contributed by atoms with E-state index in [1.165, 1.54) is 36.2 Å². The van der Waals surface area contributed by atoms with Gasteiger partial charge < -0.3 is 10.2 Å². The van der Waals surface area contributed by atoms with Gasteiger partial charge in [0.2, 0.25) is 11.8 Å². The Hall–Kier alpha value is -4.07. The zero-order valence-electron chi connectivity index (χ0n) is 18.1. The van der Waals surface area contributed by atoms with Crippen molar-refractivity contribution in [2.45, 2.75) is 25.4 Å². The number of nitro groups is 1. The molecule has 0 aliphatic heterocycles. The summed E-state index contributed by atoms with van der Waals surface area (Å²) in [6.45, 7) is -0.156. The topological polar surface area (TPSA) is 92.6 Å². The third-order valence-electron chi connectivity index (χ3n) is 5.35. The van der Waals surface area contributed by atoms with Gasteiger partial charge in [0.05, 0.1) is 11.3 Å². The van der Waals surface area contributed by atoms with E-state index < -0.39 is 28.6 Å². The Balaban J connectivity index is 2.00. The summed E-state index contributed by atoms with van der Waals surface area (Å²) < 4.78 is 14.5. The maximum Gasteiger partial charge on any atom is 0.273 e. The highest BCUT2D eigenvalue weighted by Crippen LogP contribution is 2.22. The number of halogens is 1. The number of amides is 2. The number of hydrogen-bond acceptors (Lipinski definition) is 4. The zero-order valence-corrected chi connectivity index (χ0v) is 18.1. The molecule has 0 saturated heterocycles. The van der Waals surface area contributed by atoms with Crippen molar-refractivity contribution in [3.8, 4) is 0 Å². The summed E-state index contributed by atoms with van der Waals surface area (Å²) >= 11 is 0. The van der Waals surface area contributed by atoms with Crippen LogP contribution in [0.5, 0.6) is 0 Å². The van der Waals surface area contributed by atoms with Gasteiger partial charge in [-0.2, -0.15) is 0 Å². The quantitative estimate of drug-likeness (QED) is 0.399. The molecule has 170 valence electrons. The average molecular weight is 449 g/mol. The first kappa shape index (κ1) is 23.6. The number of carbonyl (C=O) groups excluding carboxylic acids is 2. The molecule has 2 amide bonds. The number of likely N-dealkylation sites (N-methyl/N-ethyl adjacent to an activating group) is 1. The van der Waals surface area contributed by atoms with Gasteiger partial charge in [-0.05, 0) is 11.6 Å². The van der Waals surface area contributed by atoms with Crippen LogP contribution in [0, 0.1) is 15.9 Å². The third-order valence-corrected chi connectivity index (χ3v) is 5.35. The molecule has 0 bridgehead atoms. The van der Waals surface area contributed by atoms with E-state index in [1.807, 2.05) is 30.3 Å². The fourth-order valence-corrected chi connectivity index (χ4v) is 3.63. The maximum atomic E-state index is 14.5. The number of benzene rings is 3. The maximum absolute atomic E-state index is 14.5. The Labute approximate surface area is 191 Å². The van der Waals surface area contributed by atoms with E-state index in [0.717, 1.165) is 5.56 Å². The molecular formula is C25H24FN3O4. The van der Waals surface area contributed by atoms with Crippen molar-refractivity contribution in [3.63, 3.8) is 0 Å². The molecular weight excluding hydrogens is 425 g/mol. The monoisotopic (exact) mass is 449 g/mol. The predicted molar refractivity (Wildman–Crippen MR) is 122 cm³/mol. The number of para-hydroxylation sites is 1. The van der Waals surface area contributed by atoms with Crippen LogP contribution in [-0.2, 0) is 29.0 Å². The second-order valence-electron chi connectivity index (χ2n) is 7.50. The molecule has 0 saturated carbocycles. The Morgan fingerprint density at radius 3 is 2.21 bits per heavy atom. The lowest BCUT2D eigenvalue weighted by molar-refractivity contribution is -0.385. The summed E-state index contributed by atoms with van der Waals surface area (Å²) in [6, 6.07) is 20.2. The minimum atomic E-state index is -0.938. The smallest absolute Gasteiger partial charge is 0.273 e. The number of nitro benzene ring substituents is 1. The molecule has 0 aliphatic rings. The van der Waals surface area contributed by atoms with Gasteiger partial charge >= 0.3 is 0 Å². The van der Waals surface area contributed by atoms with Crippen molar-refractivity contribution in [1.29, 1.82) is 0 Å². The van der Waals surface area contributed by atoms with Crippen molar-refractivity contribution in [2.75, 3.05) is 7.05 Å². The van der Waals surface area contributed by atoms with Crippen LogP contribution < -0.4 is 5.32 Å². The number of carbonyl (C=O) groups is 2. The van der Waals surface area contributed by atoms with Crippen LogP contribution in [-0.4, -0.2) is 34.7 Å². The van der Waals surface area contributed by atoms with E-state index in [-0.39, 0.29) is 36.2 Å². The second kappa shape index (κ2) is 11.0. The highest BCUT2D eigenvalue weighted by atomic mass is 19.1. The summed E-state index contributed by atoms with van der Waals surface area (Å²) in [7, 11) is 1.47.